The number of aromatic nitrogens is 5. The first kappa shape index (κ1) is 19.4. The van der Waals surface area contributed by atoms with Crippen LogP contribution in [0.5, 0.6) is 0 Å². The van der Waals surface area contributed by atoms with E-state index in [1.54, 1.807) is 0 Å². The Morgan fingerprint density at radius 3 is 2.34 bits per heavy atom. The van der Waals surface area contributed by atoms with Gasteiger partial charge in [-0.15, -0.1) is 10.2 Å². The smallest absolute Gasteiger partial charge is 0.237 e. The molecule has 0 spiro atoms. The number of nitrogens with zero attached hydrogens (tertiary/aromatic N) is 5. The molecular formula is C22H23N5OS. The van der Waals surface area contributed by atoms with Gasteiger partial charge >= 0.3 is 0 Å². The molecule has 148 valence electrons. The van der Waals surface area contributed by atoms with Crippen LogP contribution in [0.25, 0.3) is 17.1 Å². The molecule has 0 fully saturated rings. The van der Waals surface area contributed by atoms with Gasteiger partial charge in [0, 0.05) is 16.7 Å². The van der Waals surface area contributed by atoms with Crippen LogP contribution < -0.4 is 0 Å². The fraction of sp³-hybridized carbons (Fsp3) is 0.273. The summed E-state index contributed by atoms with van der Waals surface area (Å²) in [6, 6.07) is 18.4. The number of benzene rings is 2. The molecule has 0 aliphatic carbocycles. The van der Waals surface area contributed by atoms with E-state index in [1.807, 2.05) is 30.3 Å². The van der Waals surface area contributed by atoms with Crippen LogP contribution in [-0.4, -0.2) is 24.9 Å². The van der Waals surface area contributed by atoms with Crippen molar-refractivity contribution in [3.05, 3.63) is 71.9 Å². The van der Waals surface area contributed by atoms with Gasteiger partial charge in [0.25, 0.3) is 0 Å². The van der Waals surface area contributed by atoms with Gasteiger partial charge in [-0.2, -0.15) is 4.98 Å². The van der Waals surface area contributed by atoms with Gasteiger partial charge in [-0.1, -0.05) is 85.7 Å². The Bertz CT molecular complexity index is 1090. The summed E-state index contributed by atoms with van der Waals surface area (Å²) in [6.45, 7) is 8.27. The zero-order chi connectivity index (χ0) is 20.4. The number of hydrogen-bond acceptors (Lipinski definition) is 6. The molecule has 4 aromatic rings. The van der Waals surface area contributed by atoms with Crippen LogP contribution >= 0.6 is 11.8 Å². The molecule has 0 N–H and O–H groups in total. The van der Waals surface area contributed by atoms with E-state index in [9.17, 15) is 0 Å². The van der Waals surface area contributed by atoms with E-state index >= 15 is 0 Å². The normalized spacial score (nSPS) is 11.7. The van der Waals surface area contributed by atoms with E-state index in [0.717, 1.165) is 22.2 Å². The lowest BCUT2D eigenvalue weighted by Gasteiger charge is -2.11. The molecule has 0 atom stereocenters. The van der Waals surface area contributed by atoms with Gasteiger partial charge in [0.15, 0.2) is 16.8 Å². The number of aryl methyl sites for hydroxylation is 1. The monoisotopic (exact) mass is 405 g/mol. The van der Waals surface area contributed by atoms with Gasteiger partial charge in [0.2, 0.25) is 5.89 Å². The second kappa shape index (κ2) is 7.83. The average Bonchev–Trinajstić information content (AvgIpc) is 3.35. The van der Waals surface area contributed by atoms with Crippen molar-refractivity contribution in [3.63, 3.8) is 0 Å². The molecule has 2 aromatic carbocycles. The second-order valence-corrected chi connectivity index (χ2v) is 8.84. The quantitative estimate of drug-likeness (QED) is 0.424. The van der Waals surface area contributed by atoms with Gasteiger partial charge in [-0.05, 0) is 19.1 Å². The van der Waals surface area contributed by atoms with Crippen molar-refractivity contribution in [2.45, 2.75) is 44.0 Å². The van der Waals surface area contributed by atoms with Crippen molar-refractivity contribution >= 4 is 11.8 Å². The molecular weight excluding hydrogens is 382 g/mol. The Hall–Kier alpha value is -2.93. The highest BCUT2D eigenvalue weighted by molar-refractivity contribution is 7.98. The second-order valence-electron chi connectivity index (χ2n) is 7.89. The number of thioether (sulfide) groups is 1. The summed E-state index contributed by atoms with van der Waals surface area (Å²) in [6.07, 6.45) is 0. The molecule has 0 aliphatic heterocycles. The standard InChI is InChI=1S/C22H23N5OS/c1-15-10-12-17(13-11-15)27-19(16-8-6-5-7-9-16)24-25-21(27)29-14-18-23-20(26-28-18)22(2,3)4/h5-13H,14H2,1-4H3. The number of rotatable bonds is 5. The molecule has 6 nitrogen and oxygen atoms in total. The first-order valence-electron chi connectivity index (χ1n) is 9.45. The van der Waals surface area contributed by atoms with Crippen molar-refractivity contribution in [1.82, 2.24) is 24.9 Å². The lowest BCUT2D eigenvalue weighted by Crippen LogP contribution is -2.13. The topological polar surface area (TPSA) is 69.6 Å². The third kappa shape index (κ3) is 4.24. The van der Waals surface area contributed by atoms with E-state index in [1.165, 1.54) is 17.3 Å². The zero-order valence-corrected chi connectivity index (χ0v) is 17.8. The molecule has 0 aliphatic rings. The average molecular weight is 406 g/mol. The molecule has 2 heterocycles. The van der Waals surface area contributed by atoms with Gasteiger partial charge in [-0.3, -0.25) is 4.57 Å². The third-order valence-corrected chi connectivity index (χ3v) is 5.33. The minimum atomic E-state index is -0.144. The predicted molar refractivity (Wildman–Crippen MR) is 114 cm³/mol. The Labute approximate surface area is 174 Å². The molecule has 0 saturated carbocycles. The van der Waals surface area contributed by atoms with E-state index < -0.39 is 0 Å². The van der Waals surface area contributed by atoms with Crippen molar-refractivity contribution in [2.24, 2.45) is 0 Å². The minimum Gasteiger partial charge on any atom is -0.338 e. The van der Waals surface area contributed by atoms with E-state index in [4.69, 9.17) is 4.52 Å². The Morgan fingerprint density at radius 2 is 1.69 bits per heavy atom. The molecule has 0 unspecified atom stereocenters. The highest BCUT2D eigenvalue weighted by Gasteiger charge is 2.22. The number of hydrogen-bond donors (Lipinski definition) is 0. The van der Waals surface area contributed by atoms with Crippen LogP contribution in [0.1, 0.15) is 38.0 Å². The summed E-state index contributed by atoms with van der Waals surface area (Å²) in [7, 11) is 0. The van der Waals surface area contributed by atoms with Crippen LogP contribution in [-0.2, 0) is 11.2 Å². The molecule has 7 heteroatoms. The molecule has 29 heavy (non-hydrogen) atoms. The summed E-state index contributed by atoms with van der Waals surface area (Å²) in [5.41, 5.74) is 3.09. The van der Waals surface area contributed by atoms with Gasteiger partial charge in [-0.25, -0.2) is 0 Å². The summed E-state index contributed by atoms with van der Waals surface area (Å²) in [4.78, 5) is 4.52. The van der Waals surface area contributed by atoms with Crippen molar-refractivity contribution in [2.75, 3.05) is 0 Å². The van der Waals surface area contributed by atoms with Crippen LogP contribution in [0.15, 0.2) is 64.3 Å². The van der Waals surface area contributed by atoms with E-state index in [2.05, 4.69) is 76.9 Å². The summed E-state index contributed by atoms with van der Waals surface area (Å²) in [5.74, 6) is 2.62. The third-order valence-electron chi connectivity index (χ3n) is 4.42. The summed E-state index contributed by atoms with van der Waals surface area (Å²) in [5, 5.41) is 13.8. The van der Waals surface area contributed by atoms with Crippen LogP contribution in [0.4, 0.5) is 0 Å². The highest BCUT2D eigenvalue weighted by atomic mass is 32.2. The molecule has 0 amide bonds. The fourth-order valence-corrected chi connectivity index (χ4v) is 3.60. The largest absolute Gasteiger partial charge is 0.338 e. The molecule has 4 rings (SSSR count). The maximum Gasteiger partial charge on any atom is 0.237 e. The van der Waals surface area contributed by atoms with Gasteiger partial charge in [0.1, 0.15) is 0 Å². The molecule has 0 saturated heterocycles. The zero-order valence-electron chi connectivity index (χ0n) is 17.0. The van der Waals surface area contributed by atoms with Gasteiger partial charge < -0.3 is 4.52 Å². The highest BCUT2D eigenvalue weighted by Crippen LogP contribution is 2.30. The predicted octanol–water partition coefficient (Wildman–Crippen LogP) is 5.22. The molecule has 0 radical (unpaired) electrons. The van der Waals surface area contributed by atoms with Crippen LogP contribution in [0.3, 0.4) is 0 Å². The van der Waals surface area contributed by atoms with Gasteiger partial charge in [0.05, 0.1) is 5.75 Å². The Morgan fingerprint density at radius 1 is 0.966 bits per heavy atom. The maximum absolute atomic E-state index is 5.43. The molecule has 2 aromatic heterocycles. The molecule has 0 bridgehead atoms. The summed E-state index contributed by atoms with van der Waals surface area (Å²) >= 11 is 1.53. The van der Waals surface area contributed by atoms with Crippen molar-refractivity contribution in [1.29, 1.82) is 0 Å². The SMILES string of the molecule is Cc1ccc(-n2c(SCc3nc(C(C)(C)C)no3)nnc2-c2ccccc2)cc1. The maximum atomic E-state index is 5.43. The fourth-order valence-electron chi connectivity index (χ4n) is 2.81. The lowest BCUT2D eigenvalue weighted by molar-refractivity contribution is 0.372. The Kier molecular flexibility index (Phi) is 5.24. The van der Waals surface area contributed by atoms with E-state index in [-0.39, 0.29) is 5.41 Å². The minimum absolute atomic E-state index is 0.144. The lowest BCUT2D eigenvalue weighted by atomic mass is 9.96. The van der Waals surface area contributed by atoms with Crippen LogP contribution in [0.2, 0.25) is 0 Å². The first-order chi connectivity index (χ1) is 13.9. The van der Waals surface area contributed by atoms with Crippen molar-refractivity contribution in [3.8, 4) is 17.1 Å². The summed E-state index contributed by atoms with van der Waals surface area (Å²) < 4.78 is 7.50. The van der Waals surface area contributed by atoms with Crippen LogP contribution in [0, 0.1) is 6.92 Å². The van der Waals surface area contributed by atoms with Crippen molar-refractivity contribution < 1.29 is 4.52 Å². The Balaban J connectivity index is 1.67. The van der Waals surface area contributed by atoms with E-state index in [0.29, 0.717) is 17.5 Å². The first-order valence-corrected chi connectivity index (χ1v) is 10.4.